The Morgan fingerprint density at radius 3 is 2.79 bits per heavy atom. The van der Waals surface area contributed by atoms with E-state index in [4.69, 9.17) is 4.74 Å². The van der Waals surface area contributed by atoms with Crippen molar-refractivity contribution in [2.45, 2.75) is 26.4 Å². The zero-order valence-electron chi connectivity index (χ0n) is 11.7. The van der Waals surface area contributed by atoms with Gasteiger partial charge in [0.2, 0.25) is 0 Å². The SMILES string of the molecule is CCNc1ncc(F)cc1C(=O)NCC(C)(C)OC. The zero-order valence-corrected chi connectivity index (χ0v) is 11.7. The van der Waals surface area contributed by atoms with Crippen LogP contribution in [0.4, 0.5) is 10.2 Å². The number of carbonyl (C=O) groups is 1. The molecule has 5 nitrogen and oxygen atoms in total. The van der Waals surface area contributed by atoms with E-state index in [2.05, 4.69) is 15.6 Å². The van der Waals surface area contributed by atoms with Crippen LogP contribution in [0.5, 0.6) is 0 Å². The van der Waals surface area contributed by atoms with Crippen LogP contribution in [0, 0.1) is 5.82 Å². The maximum absolute atomic E-state index is 13.2. The first kappa shape index (κ1) is 15.4. The summed E-state index contributed by atoms with van der Waals surface area (Å²) in [4.78, 5) is 15.9. The first-order valence-corrected chi connectivity index (χ1v) is 6.12. The highest BCUT2D eigenvalue weighted by molar-refractivity contribution is 5.98. The number of carbonyl (C=O) groups excluding carboxylic acids is 1. The third kappa shape index (κ3) is 4.48. The smallest absolute Gasteiger partial charge is 0.255 e. The summed E-state index contributed by atoms with van der Waals surface area (Å²) < 4.78 is 18.4. The summed E-state index contributed by atoms with van der Waals surface area (Å²) in [5.74, 6) is -0.553. The molecule has 0 aliphatic carbocycles. The molecule has 6 heteroatoms. The van der Waals surface area contributed by atoms with Crippen LogP contribution in [0.1, 0.15) is 31.1 Å². The van der Waals surface area contributed by atoms with Gasteiger partial charge in [0.05, 0.1) is 17.4 Å². The van der Waals surface area contributed by atoms with Crippen molar-refractivity contribution < 1.29 is 13.9 Å². The Morgan fingerprint density at radius 1 is 1.53 bits per heavy atom. The fourth-order valence-corrected chi connectivity index (χ4v) is 1.38. The van der Waals surface area contributed by atoms with E-state index in [1.54, 1.807) is 7.11 Å². The lowest BCUT2D eigenvalue weighted by Crippen LogP contribution is -2.40. The van der Waals surface area contributed by atoms with Crippen LogP contribution in [0.3, 0.4) is 0 Å². The van der Waals surface area contributed by atoms with E-state index >= 15 is 0 Å². The Labute approximate surface area is 112 Å². The highest BCUT2D eigenvalue weighted by atomic mass is 19.1. The Kier molecular flexibility index (Phi) is 5.23. The number of aromatic nitrogens is 1. The number of amides is 1. The summed E-state index contributed by atoms with van der Waals surface area (Å²) in [5, 5.41) is 5.63. The third-order valence-corrected chi connectivity index (χ3v) is 2.67. The summed E-state index contributed by atoms with van der Waals surface area (Å²) in [7, 11) is 1.57. The van der Waals surface area contributed by atoms with E-state index in [1.807, 2.05) is 20.8 Å². The van der Waals surface area contributed by atoms with Gasteiger partial charge in [-0.05, 0) is 26.8 Å². The van der Waals surface area contributed by atoms with Crippen LogP contribution in [0.25, 0.3) is 0 Å². The summed E-state index contributed by atoms with van der Waals surface area (Å²) in [6.45, 7) is 6.50. The Bertz CT molecular complexity index is 450. The summed E-state index contributed by atoms with van der Waals surface area (Å²) in [5.41, 5.74) is -0.289. The number of halogens is 1. The van der Waals surface area contributed by atoms with Gasteiger partial charge in [0.1, 0.15) is 11.6 Å². The van der Waals surface area contributed by atoms with Crippen molar-refractivity contribution in [2.24, 2.45) is 0 Å². The minimum absolute atomic E-state index is 0.189. The van der Waals surface area contributed by atoms with Gasteiger partial charge in [-0.15, -0.1) is 0 Å². The van der Waals surface area contributed by atoms with E-state index in [0.717, 1.165) is 6.20 Å². The van der Waals surface area contributed by atoms with Crippen LogP contribution in [0.15, 0.2) is 12.3 Å². The van der Waals surface area contributed by atoms with Gasteiger partial charge in [-0.3, -0.25) is 4.79 Å². The van der Waals surface area contributed by atoms with Crippen molar-refractivity contribution in [3.8, 4) is 0 Å². The molecule has 1 aromatic rings. The Hall–Kier alpha value is -1.69. The van der Waals surface area contributed by atoms with Gasteiger partial charge < -0.3 is 15.4 Å². The molecule has 0 aliphatic rings. The molecule has 1 aromatic heterocycles. The second-order valence-corrected chi connectivity index (χ2v) is 4.73. The van der Waals surface area contributed by atoms with Gasteiger partial charge in [-0.2, -0.15) is 0 Å². The molecule has 1 heterocycles. The van der Waals surface area contributed by atoms with Crippen molar-refractivity contribution in [2.75, 3.05) is 25.5 Å². The highest BCUT2D eigenvalue weighted by Crippen LogP contribution is 2.14. The van der Waals surface area contributed by atoms with Gasteiger partial charge in [-0.1, -0.05) is 0 Å². The van der Waals surface area contributed by atoms with Gasteiger partial charge >= 0.3 is 0 Å². The molecule has 19 heavy (non-hydrogen) atoms. The maximum Gasteiger partial charge on any atom is 0.255 e. The number of nitrogens with zero attached hydrogens (tertiary/aromatic N) is 1. The molecule has 106 valence electrons. The topological polar surface area (TPSA) is 63.2 Å². The van der Waals surface area contributed by atoms with Crippen molar-refractivity contribution >= 4 is 11.7 Å². The average molecular weight is 269 g/mol. The molecule has 2 N–H and O–H groups in total. The third-order valence-electron chi connectivity index (χ3n) is 2.67. The summed E-state index contributed by atoms with van der Waals surface area (Å²) >= 11 is 0. The van der Waals surface area contributed by atoms with Crippen LogP contribution >= 0.6 is 0 Å². The first-order chi connectivity index (χ1) is 8.89. The Balaban J connectivity index is 2.83. The standard InChI is InChI=1S/C13H20FN3O2/c1-5-15-11-10(6-9(14)7-16-11)12(18)17-8-13(2,3)19-4/h6-7H,5,8H2,1-4H3,(H,15,16)(H,17,18). The largest absolute Gasteiger partial charge is 0.377 e. The number of methoxy groups -OCH3 is 1. The van der Waals surface area contributed by atoms with Gasteiger partial charge in [0, 0.05) is 20.2 Å². The first-order valence-electron chi connectivity index (χ1n) is 6.12. The lowest BCUT2D eigenvalue weighted by molar-refractivity contribution is 0.0229. The fraction of sp³-hybridized carbons (Fsp3) is 0.538. The number of ether oxygens (including phenoxy) is 1. The lowest BCUT2D eigenvalue weighted by Gasteiger charge is -2.23. The molecular formula is C13H20FN3O2. The minimum atomic E-state index is -0.544. The molecular weight excluding hydrogens is 249 g/mol. The van der Waals surface area contributed by atoms with E-state index in [9.17, 15) is 9.18 Å². The predicted molar refractivity (Wildman–Crippen MR) is 71.8 cm³/mol. The Morgan fingerprint density at radius 2 is 2.21 bits per heavy atom. The fourth-order valence-electron chi connectivity index (χ4n) is 1.38. The molecule has 0 saturated heterocycles. The van der Waals surface area contributed by atoms with Crippen molar-refractivity contribution in [1.29, 1.82) is 0 Å². The highest BCUT2D eigenvalue weighted by Gasteiger charge is 2.20. The molecule has 0 spiro atoms. The average Bonchev–Trinajstić information content (AvgIpc) is 2.38. The lowest BCUT2D eigenvalue weighted by atomic mass is 10.1. The molecule has 0 aliphatic heterocycles. The molecule has 0 saturated carbocycles. The normalized spacial score (nSPS) is 11.2. The molecule has 1 rings (SSSR count). The molecule has 0 bridgehead atoms. The second kappa shape index (κ2) is 6.47. The predicted octanol–water partition coefficient (Wildman–Crippen LogP) is 1.81. The monoisotopic (exact) mass is 269 g/mol. The van der Waals surface area contributed by atoms with E-state index < -0.39 is 11.4 Å². The summed E-state index contributed by atoms with van der Waals surface area (Å²) in [6, 6.07) is 1.17. The van der Waals surface area contributed by atoms with Crippen LogP contribution in [-0.4, -0.2) is 36.7 Å². The van der Waals surface area contributed by atoms with E-state index in [0.29, 0.717) is 18.9 Å². The van der Waals surface area contributed by atoms with Crippen molar-refractivity contribution in [3.63, 3.8) is 0 Å². The molecule has 0 aromatic carbocycles. The van der Waals surface area contributed by atoms with Crippen LogP contribution in [0.2, 0.25) is 0 Å². The van der Waals surface area contributed by atoms with Gasteiger partial charge in [0.25, 0.3) is 5.91 Å². The van der Waals surface area contributed by atoms with Crippen molar-refractivity contribution in [3.05, 3.63) is 23.6 Å². The van der Waals surface area contributed by atoms with Gasteiger partial charge in [-0.25, -0.2) is 9.37 Å². The van der Waals surface area contributed by atoms with Gasteiger partial charge in [0.15, 0.2) is 0 Å². The quantitative estimate of drug-likeness (QED) is 0.826. The van der Waals surface area contributed by atoms with Crippen LogP contribution in [-0.2, 0) is 4.74 Å². The number of anilines is 1. The minimum Gasteiger partial charge on any atom is -0.377 e. The number of nitrogens with one attached hydrogen (secondary N) is 2. The molecule has 0 fully saturated rings. The van der Waals surface area contributed by atoms with Crippen molar-refractivity contribution in [1.82, 2.24) is 10.3 Å². The van der Waals surface area contributed by atoms with E-state index in [-0.39, 0.29) is 11.5 Å². The number of hydrogen-bond donors (Lipinski definition) is 2. The maximum atomic E-state index is 13.2. The zero-order chi connectivity index (χ0) is 14.5. The van der Waals surface area contributed by atoms with E-state index in [1.165, 1.54) is 6.07 Å². The molecule has 0 atom stereocenters. The number of rotatable bonds is 6. The second-order valence-electron chi connectivity index (χ2n) is 4.73. The number of pyridine rings is 1. The molecule has 0 radical (unpaired) electrons. The molecule has 0 unspecified atom stereocenters. The summed E-state index contributed by atoms with van der Waals surface area (Å²) in [6.07, 6.45) is 1.08. The molecule has 1 amide bonds. The number of hydrogen-bond acceptors (Lipinski definition) is 4. The van der Waals surface area contributed by atoms with Crippen LogP contribution < -0.4 is 10.6 Å².